The molecule has 0 aliphatic rings. The number of nitrogens with zero attached hydrogens (tertiary/aromatic N) is 1. The molecule has 0 fully saturated rings. The molecule has 0 saturated carbocycles. The van der Waals surface area contributed by atoms with E-state index < -0.39 is 0 Å². The zero-order valence-electron chi connectivity index (χ0n) is 18.4. The summed E-state index contributed by atoms with van der Waals surface area (Å²) in [6, 6.07) is 13.7. The van der Waals surface area contributed by atoms with Crippen LogP contribution in [0.3, 0.4) is 0 Å². The third kappa shape index (κ3) is 8.22. The fourth-order valence-electron chi connectivity index (χ4n) is 2.77. The van der Waals surface area contributed by atoms with Gasteiger partial charge in [0.05, 0.1) is 12.6 Å². The number of benzene rings is 2. The number of amides is 1. The predicted molar refractivity (Wildman–Crippen MR) is 134 cm³/mol. The van der Waals surface area contributed by atoms with Crippen molar-refractivity contribution in [1.82, 2.24) is 16.0 Å². The van der Waals surface area contributed by atoms with Gasteiger partial charge in [-0.2, -0.15) is 0 Å². The van der Waals surface area contributed by atoms with Gasteiger partial charge < -0.3 is 20.7 Å². The Morgan fingerprint density at radius 3 is 2.40 bits per heavy atom. The van der Waals surface area contributed by atoms with Crippen LogP contribution in [0, 0.1) is 6.92 Å². The lowest BCUT2D eigenvalue weighted by molar-refractivity contribution is 0.0963. The Morgan fingerprint density at radius 1 is 1.10 bits per heavy atom. The first kappa shape index (κ1) is 25.7. The zero-order chi connectivity index (χ0) is 21.2. The number of aryl methyl sites for hydroxylation is 1. The molecule has 0 atom stereocenters. The molecule has 0 bridgehead atoms. The highest BCUT2D eigenvalue weighted by atomic mass is 127. The first-order chi connectivity index (χ1) is 13.9. The van der Waals surface area contributed by atoms with Gasteiger partial charge in [-0.1, -0.05) is 24.3 Å². The third-order valence-electron chi connectivity index (χ3n) is 4.24. The van der Waals surface area contributed by atoms with Crippen molar-refractivity contribution in [1.29, 1.82) is 0 Å². The number of rotatable bonds is 8. The Bertz CT molecular complexity index is 836. The maximum absolute atomic E-state index is 11.6. The van der Waals surface area contributed by atoms with Crippen LogP contribution in [0.2, 0.25) is 0 Å². The van der Waals surface area contributed by atoms with Crippen LogP contribution < -0.4 is 20.7 Å². The van der Waals surface area contributed by atoms with Gasteiger partial charge in [0.1, 0.15) is 5.75 Å². The Labute approximate surface area is 196 Å². The van der Waals surface area contributed by atoms with Crippen molar-refractivity contribution in [3.63, 3.8) is 0 Å². The minimum Gasteiger partial charge on any atom is -0.491 e. The van der Waals surface area contributed by atoms with E-state index in [1.807, 2.05) is 45.0 Å². The lowest BCUT2D eigenvalue weighted by atomic mass is 10.1. The molecule has 0 saturated heterocycles. The van der Waals surface area contributed by atoms with Gasteiger partial charge in [-0.15, -0.1) is 24.0 Å². The van der Waals surface area contributed by atoms with Crippen molar-refractivity contribution < 1.29 is 9.53 Å². The van der Waals surface area contributed by atoms with E-state index in [4.69, 9.17) is 4.74 Å². The first-order valence-corrected chi connectivity index (χ1v) is 10.0. The summed E-state index contributed by atoms with van der Waals surface area (Å²) in [5.74, 6) is 1.54. The molecule has 7 heteroatoms. The number of hydrogen-bond acceptors (Lipinski definition) is 3. The van der Waals surface area contributed by atoms with Crippen LogP contribution in [0.25, 0.3) is 0 Å². The largest absolute Gasteiger partial charge is 0.491 e. The number of carbonyl (C=O) groups excluding carboxylic acids is 1. The maximum atomic E-state index is 11.6. The lowest BCUT2D eigenvalue weighted by Crippen LogP contribution is -2.36. The molecule has 6 nitrogen and oxygen atoms in total. The predicted octanol–water partition coefficient (Wildman–Crippen LogP) is 4.02. The average Bonchev–Trinajstić information content (AvgIpc) is 2.70. The molecular weight excluding hydrogens is 491 g/mol. The molecule has 0 aromatic heterocycles. The van der Waals surface area contributed by atoms with Crippen LogP contribution in [0.4, 0.5) is 0 Å². The number of aliphatic imine (C=N–C) groups is 1. The van der Waals surface area contributed by atoms with Crippen LogP contribution in [-0.2, 0) is 13.1 Å². The molecule has 1 amide bonds. The quantitative estimate of drug-likeness (QED) is 0.277. The Morgan fingerprint density at radius 2 is 1.80 bits per heavy atom. The minimum atomic E-state index is -0.0902. The van der Waals surface area contributed by atoms with E-state index in [1.54, 1.807) is 7.05 Å². The minimum absolute atomic E-state index is 0. The SMILES string of the molecule is CCNC(=NCc1ccc(C(=O)NC)cc1)NCc1ccc(C)cc1OC(C)C.I. The second-order valence-electron chi connectivity index (χ2n) is 7.10. The van der Waals surface area contributed by atoms with E-state index in [1.165, 1.54) is 5.56 Å². The lowest BCUT2D eigenvalue weighted by Gasteiger charge is -2.17. The van der Waals surface area contributed by atoms with Gasteiger partial charge in [0.15, 0.2) is 5.96 Å². The molecule has 30 heavy (non-hydrogen) atoms. The summed E-state index contributed by atoms with van der Waals surface area (Å²) in [6.07, 6.45) is 0.121. The molecule has 0 aliphatic heterocycles. The van der Waals surface area contributed by atoms with Crippen molar-refractivity contribution in [2.45, 2.75) is 46.9 Å². The highest BCUT2D eigenvalue weighted by molar-refractivity contribution is 14.0. The number of nitrogens with one attached hydrogen (secondary N) is 3. The second kappa shape index (κ2) is 13.1. The normalized spacial score (nSPS) is 10.9. The molecule has 2 aromatic carbocycles. The van der Waals surface area contributed by atoms with Gasteiger partial charge in [-0.3, -0.25) is 4.79 Å². The summed E-state index contributed by atoms with van der Waals surface area (Å²) in [5.41, 5.74) is 3.94. The van der Waals surface area contributed by atoms with Gasteiger partial charge in [-0.25, -0.2) is 4.99 Å². The summed E-state index contributed by atoms with van der Waals surface area (Å²) in [5, 5.41) is 9.26. The van der Waals surface area contributed by atoms with E-state index in [0.29, 0.717) is 18.7 Å². The van der Waals surface area contributed by atoms with E-state index in [2.05, 4.69) is 46.1 Å². The zero-order valence-corrected chi connectivity index (χ0v) is 20.7. The number of halogens is 1. The fraction of sp³-hybridized carbons (Fsp3) is 0.391. The number of hydrogen-bond donors (Lipinski definition) is 3. The molecule has 164 valence electrons. The van der Waals surface area contributed by atoms with Gasteiger partial charge in [-0.05, 0) is 57.0 Å². The highest BCUT2D eigenvalue weighted by Crippen LogP contribution is 2.21. The summed E-state index contributed by atoms with van der Waals surface area (Å²) < 4.78 is 5.95. The van der Waals surface area contributed by atoms with Gasteiger partial charge in [0, 0.05) is 31.3 Å². The molecule has 0 spiro atoms. The van der Waals surface area contributed by atoms with Crippen molar-refractivity contribution in [2.24, 2.45) is 4.99 Å². The average molecular weight is 524 g/mol. The van der Waals surface area contributed by atoms with Crippen molar-refractivity contribution in [3.8, 4) is 5.75 Å². The number of guanidine groups is 1. The third-order valence-corrected chi connectivity index (χ3v) is 4.24. The molecule has 2 rings (SSSR count). The molecule has 3 N–H and O–H groups in total. The van der Waals surface area contributed by atoms with Gasteiger partial charge in [0.25, 0.3) is 5.91 Å². The van der Waals surface area contributed by atoms with Crippen LogP contribution in [0.15, 0.2) is 47.5 Å². The topological polar surface area (TPSA) is 74.8 Å². The molecule has 0 radical (unpaired) electrons. The van der Waals surface area contributed by atoms with Crippen molar-refractivity contribution >= 4 is 35.8 Å². The van der Waals surface area contributed by atoms with Crippen molar-refractivity contribution in [3.05, 3.63) is 64.7 Å². The van der Waals surface area contributed by atoms with E-state index in [0.717, 1.165) is 29.4 Å². The van der Waals surface area contributed by atoms with Crippen LogP contribution >= 0.6 is 24.0 Å². The van der Waals surface area contributed by atoms with Crippen LogP contribution in [0.5, 0.6) is 5.75 Å². The van der Waals surface area contributed by atoms with E-state index in [9.17, 15) is 4.79 Å². The molecule has 0 heterocycles. The summed E-state index contributed by atoms with van der Waals surface area (Å²) in [4.78, 5) is 16.3. The maximum Gasteiger partial charge on any atom is 0.251 e. The Kier molecular flexibility index (Phi) is 11.2. The Balaban J connectivity index is 0.00000450. The summed E-state index contributed by atoms with van der Waals surface area (Å²) in [7, 11) is 1.63. The van der Waals surface area contributed by atoms with Crippen molar-refractivity contribution in [2.75, 3.05) is 13.6 Å². The fourth-order valence-corrected chi connectivity index (χ4v) is 2.77. The number of ether oxygens (including phenoxy) is 1. The van der Waals surface area contributed by atoms with Crippen LogP contribution in [0.1, 0.15) is 47.8 Å². The first-order valence-electron chi connectivity index (χ1n) is 10.0. The summed E-state index contributed by atoms with van der Waals surface area (Å²) in [6.45, 7) is 10.1. The standard InChI is InChI=1S/C23H32N4O2.HI/c1-6-25-23(26-14-18-8-11-19(12-9-18)22(28)24-5)27-15-20-10-7-17(4)13-21(20)29-16(2)3;/h7-13,16H,6,14-15H2,1-5H3,(H,24,28)(H2,25,26,27);1H. The number of carbonyl (C=O) groups is 1. The van der Waals surface area contributed by atoms with E-state index >= 15 is 0 Å². The van der Waals surface area contributed by atoms with E-state index in [-0.39, 0.29) is 36.0 Å². The Hall–Kier alpha value is -2.29. The smallest absolute Gasteiger partial charge is 0.251 e. The van der Waals surface area contributed by atoms with Gasteiger partial charge >= 0.3 is 0 Å². The molecule has 0 unspecified atom stereocenters. The summed E-state index contributed by atoms with van der Waals surface area (Å²) >= 11 is 0. The highest BCUT2D eigenvalue weighted by Gasteiger charge is 2.08. The van der Waals surface area contributed by atoms with Gasteiger partial charge in [0.2, 0.25) is 0 Å². The monoisotopic (exact) mass is 524 g/mol. The molecular formula is C23H33IN4O2. The molecule has 0 aliphatic carbocycles. The molecule has 2 aromatic rings. The van der Waals surface area contributed by atoms with Crippen LogP contribution in [-0.4, -0.2) is 31.6 Å². The second-order valence-corrected chi connectivity index (χ2v) is 7.10.